The summed E-state index contributed by atoms with van der Waals surface area (Å²) in [7, 11) is 0. The predicted octanol–water partition coefficient (Wildman–Crippen LogP) is 5.97. The molecule has 0 unspecified atom stereocenters. The summed E-state index contributed by atoms with van der Waals surface area (Å²) in [4.78, 5) is 22.4. The average molecular weight is 507 g/mol. The summed E-state index contributed by atoms with van der Waals surface area (Å²) in [6, 6.07) is 10.2. The van der Waals surface area contributed by atoms with E-state index >= 15 is 0 Å². The van der Waals surface area contributed by atoms with Crippen LogP contribution in [0.5, 0.6) is 0 Å². The van der Waals surface area contributed by atoms with Crippen molar-refractivity contribution in [3.63, 3.8) is 0 Å². The maximum absolute atomic E-state index is 4.98. The number of nitrogens with zero attached hydrogens (tertiary/aromatic N) is 5. The van der Waals surface area contributed by atoms with E-state index in [0.29, 0.717) is 11.5 Å². The predicted molar refractivity (Wildman–Crippen MR) is 147 cm³/mol. The van der Waals surface area contributed by atoms with Crippen LogP contribution in [-0.4, -0.2) is 41.7 Å². The van der Waals surface area contributed by atoms with Gasteiger partial charge in [0.1, 0.15) is 11.0 Å². The lowest BCUT2D eigenvalue weighted by molar-refractivity contribution is 0.489. The first-order valence-corrected chi connectivity index (χ1v) is 13.6. The molecule has 6 aromatic heterocycles. The van der Waals surface area contributed by atoms with E-state index in [1.807, 2.05) is 36.0 Å². The minimum atomic E-state index is 0.665. The van der Waals surface area contributed by atoms with Crippen LogP contribution < -0.4 is 5.32 Å². The molecule has 1 fully saturated rings. The summed E-state index contributed by atoms with van der Waals surface area (Å²) >= 11 is 1.65. The second-order valence-electron chi connectivity index (χ2n) is 9.68. The number of nitrogens with one attached hydrogen (secondary N) is 3. The van der Waals surface area contributed by atoms with Gasteiger partial charge in [0.05, 0.1) is 22.4 Å². The van der Waals surface area contributed by atoms with Gasteiger partial charge in [-0.25, -0.2) is 9.97 Å². The Morgan fingerprint density at radius 2 is 1.86 bits per heavy atom. The molecule has 0 radical (unpaired) electrons. The highest BCUT2D eigenvalue weighted by molar-refractivity contribution is 7.08. The normalized spacial score (nSPS) is 14.3. The summed E-state index contributed by atoms with van der Waals surface area (Å²) in [6.07, 6.45) is 11.0. The largest absolute Gasteiger partial charge is 0.336 e. The van der Waals surface area contributed by atoms with Gasteiger partial charge in [0.2, 0.25) is 0 Å². The molecular weight excluding hydrogens is 480 g/mol. The minimum absolute atomic E-state index is 0.665. The summed E-state index contributed by atoms with van der Waals surface area (Å²) in [5.41, 5.74) is 8.99. The highest BCUT2D eigenvalue weighted by Gasteiger charge is 2.18. The molecule has 1 saturated carbocycles. The molecule has 184 valence electrons. The number of aromatic amines is 2. The summed E-state index contributed by atoms with van der Waals surface area (Å²) < 4.78 is 0. The average Bonchev–Trinajstić information content (AvgIpc) is 3.74. The van der Waals surface area contributed by atoms with Crippen LogP contribution in [0.25, 0.3) is 56.1 Å². The van der Waals surface area contributed by atoms with Gasteiger partial charge < -0.3 is 10.3 Å². The Bertz CT molecular complexity index is 1680. The second-order valence-corrected chi connectivity index (χ2v) is 10.5. The Hall–Kier alpha value is -3.95. The molecule has 0 aliphatic heterocycles. The molecule has 1 aliphatic rings. The van der Waals surface area contributed by atoms with E-state index in [2.05, 4.69) is 48.0 Å². The highest BCUT2D eigenvalue weighted by atomic mass is 32.1. The van der Waals surface area contributed by atoms with Gasteiger partial charge in [-0.15, -0.1) is 0 Å². The topological polar surface area (TPSA) is 108 Å². The molecule has 0 aromatic carbocycles. The SMILES string of the molecule is c1cc2[nH]c(-c3n[nH]c4ccc(-c5cncc(CNCC6CCCC6)c5)nc34)nc2c(-c2ccsc2)n1. The molecule has 0 atom stereocenters. The van der Waals surface area contributed by atoms with Crippen LogP contribution in [-0.2, 0) is 6.54 Å². The number of aromatic nitrogens is 7. The lowest BCUT2D eigenvalue weighted by atomic mass is 10.1. The lowest BCUT2D eigenvalue weighted by Gasteiger charge is -2.11. The van der Waals surface area contributed by atoms with E-state index in [-0.39, 0.29) is 0 Å². The zero-order valence-corrected chi connectivity index (χ0v) is 21.1. The fraction of sp³-hybridized carbons (Fsp3) is 0.250. The van der Waals surface area contributed by atoms with Crippen LogP contribution in [0.4, 0.5) is 0 Å². The van der Waals surface area contributed by atoms with Crippen LogP contribution in [0.2, 0.25) is 0 Å². The van der Waals surface area contributed by atoms with Crippen molar-refractivity contribution in [3.05, 3.63) is 65.2 Å². The number of H-pyrrole nitrogens is 2. The van der Waals surface area contributed by atoms with Crippen molar-refractivity contribution in [3.8, 4) is 34.0 Å². The van der Waals surface area contributed by atoms with E-state index in [4.69, 9.17) is 9.97 Å². The number of hydrogen-bond acceptors (Lipinski definition) is 7. The summed E-state index contributed by atoms with van der Waals surface area (Å²) in [6.45, 7) is 1.89. The van der Waals surface area contributed by atoms with Crippen molar-refractivity contribution in [1.29, 1.82) is 0 Å². The van der Waals surface area contributed by atoms with Crippen molar-refractivity contribution in [1.82, 2.24) is 40.4 Å². The Kier molecular flexibility index (Phi) is 5.71. The Morgan fingerprint density at radius 1 is 0.946 bits per heavy atom. The van der Waals surface area contributed by atoms with Crippen LogP contribution in [0, 0.1) is 5.92 Å². The fourth-order valence-electron chi connectivity index (χ4n) is 5.24. The van der Waals surface area contributed by atoms with Gasteiger partial charge in [-0.05, 0) is 66.6 Å². The third kappa shape index (κ3) is 4.30. The van der Waals surface area contributed by atoms with E-state index in [9.17, 15) is 0 Å². The zero-order valence-electron chi connectivity index (χ0n) is 20.2. The van der Waals surface area contributed by atoms with Gasteiger partial charge >= 0.3 is 0 Å². The first kappa shape index (κ1) is 22.3. The van der Waals surface area contributed by atoms with Gasteiger partial charge in [0, 0.05) is 41.6 Å². The van der Waals surface area contributed by atoms with E-state index in [0.717, 1.165) is 69.2 Å². The smallest absolute Gasteiger partial charge is 0.161 e. The Morgan fingerprint density at radius 3 is 2.76 bits per heavy atom. The molecule has 8 nitrogen and oxygen atoms in total. The van der Waals surface area contributed by atoms with Gasteiger partial charge in [-0.2, -0.15) is 16.4 Å². The van der Waals surface area contributed by atoms with Crippen LogP contribution >= 0.6 is 11.3 Å². The highest BCUT2D eigenvalue weighted by Crippen LogP contribution is 2.31. The molecule has 9 heteroatoms. The Labute approximate surface area is 217 Å². The first-order chi connectivity index (χ1) is 18.3. The van der Waals surface area contributed by atoms with Gasteiger partial charge in [0.15, 0.2) is 11.5 Å². The summed E-state index contributed by atoms with van der Waals surface area (Å²) in [5, 5.41) is 15.4. The molecule has 6 heterocycles. The molecular formula is C28H26N8S. The quantitative estimate of drug-likeness (QED) is 0.246. The van der Waals surface area contributed by atoms with Gasteiger partial charge in [-0.1, -0.05) is 12.8 Å². The number of rotatable bonds is 7. The van der Waals surface area contributed by atoms with E-state index in [1.54, 1.807) is 17.5 Å². The van der Waals surface area contributed by atoms with Gasteiger partial charge in [0.25, 0.3) is 0 Å². The third-order valence-electron chi connectivity index (χ3n) is 7.16. The summed E-state index contributed by atoms with van der Waals surface area (Å²) in [5.74, 6) is 1.48. The molecule has 37 heavy (non-hydrogen) atoms. The van der Waals surface area contributed by atoms with Gasteiger partial charge in [-0.3, -0.25) is 15.1 Å². The monoisotopic (exact) mass is 506 g/mol. The number of pyridine rings is 3. The lowest BCUT2D eigenvalue weighted by Crippen LogP contribution is -2.20. The van der Waals surface area contributed by atoms with E-state index in [1.165, 1.54) is 25.7 Å². The van der Waals surface area contributed by atoms with Crippen LogP contribution in [0.1, 0.15) is 31.2 Å². The number of fused-ring (bicyclic) bond motifs is 2. The maximum atomic E-state index is 4.98. The second kappa shape index (κ2) is 9.49. The van der Waals surface area contributed by atoms with Crippen LogP contribution in [0.15, 0.2) is 59.7 Å². The number of thiophene rings is 1. The van der Waals surface area contributed by atoms with Crippen LogP contribution in [0.3, 0.4) is 0 Å². The molecule has 0 bridgehead atoms. The maximum Gasteiger partial charge on any atom is 0.161 e. The molecule has 0 amide bonds. The molecule has 6 aromatic rings. The Balaban J connectivity index is 1.20. The van der Waals surface area contributed by atoms with Crippen molar-refractivity contribution in [2.24, 2.45) is 5.92 Å². The molecule has 0 saturated heterocycles. The standard InChI is InChI=1S/C28H26N8S/c1-2-4-17(3-1)12-29-13-18-11-20(15-30-14-18)21-5-6-23-26(32-21)27(36-35-23)28-33-22-7-9-31-24(25(22)34-28)19-8-10-37-16-19/h5-11,14-17,29H,1-4,12-13H2,(H,33,34)(H,35,36). The first-order valence-electron chi connectivity index (χ1n) is 12.7. The van der Waals surface area contributed by atoms with Crippen molar-refractivity contribution >= 4 is 33.4 Å². The third-order valence-corrected chi connectivity index (χ3v) is 7.84. The minimum Gasteiger partial charge on any atom is -0.336 e. The van der Waals surface area contributed by atoms with Crippen molar-refractivity contribution in [2.45, 2.75) is 32.2 Å². The number of imidazole rings is 1. The van der Waals surface area contributed by atoms with Crippen molar-refractivity contribution in [2.75, 3.05) is 6.54 Å². The zero-order chi connectivity index (χ0) is 24.6. The van der Waals surface area contributed by atoms with E-state index < -0.39 is 0 Å². The van der Waals surface area contributed by atoms with Crippen molar-refractivity contribution < 1.29 is 0 Å². The molecule has 7 rings (SSSR count). The molecule has 1 aliphatic carbocycles. The fourth-order valence-corrected chi connectivity index (χ4v) is 5.88. The molecule has 0 spiro atoms. The molecule has 3 N–H and O–H groups in total. The number of hydrogen-bond donors (Lipinski definition) is 3.